The van der Waals surface area contributed by atoms with E-state index >= 15 is 0 Å². The first-order valence-electron chi connectivity index (χ1n) is 9.35. The normalized spacial score (nSPS) is 13.5. The van der Waals surface area contributed by atoms with Gasteiger partial charge in [0.25, 0.3) is 5.91 Å². The average molecular weight is 398 g/mol. The molecule has 1 aromatic heterocycles. The van der Waals surface area contributed by atoms with Crippen molar-refractivity contribution >= 4 is 17.5 Å². The molecular formula is C22H21ClFN3O. The van der Waals surface area contributed by atoms with Crippen LogP contribution in [0.4, 0.5) is 4.39 Å². The minimum Gasteiger partial charge on any atom is -0.331 e. The maximum Gasteiger partial charge on any atom is 0.259 e. The van der Waals surface area contributed by atoms with Gasteiger partial charge >= 0.3 is 0 Å². The Bertz CT molecular complexity index is 981. The Labute approximate surface area is 168 Å². The van der Waals surface area contributed by atoms with Gasteiger partial charge in [0.05, 0.1) is 17.8 Å². The first kappa shape index (κ1) is 18.7. The Morgan fingerprint density at radius 2 is 1.82 bits per heavy atom. The molecule has 0 bridgehead atoms. The van der Waals surface area contributed by atoms with Crippen LogP contribution in [-0.2, 0) is 13.1 Å². The van der Waals surface area contributed by atoms with Gasteiger partial charge in [-0.2, -0.15) is 5.10 Å². The van der Waals surface area contributed by atoms with Crippen LogP contribution in [0, 0.1) is 12.7 Å². The summed E-state index contributed by atoms with van der Waals surface area (Å²) in [7, 11) is 0. The Kier molecular flexibility index (Phi) is 5.18. The minimum absolute atomic E-state index is 0.117. The fourth-order valence-corrected chi connectivity index (χ4v) is 3.66. The average Bonchev–Trinajstić information content (AvgIpc) is 3.48. The number of benzene rings is 2. The molecule has 1 aliphatic carbocycles. The van der Waals surface area contributed by atoms with Crippen molar-refractivity contribution < 1.29 is 9.18 Å². The number of hydrogen-bond acceptors (Lipinski definition) is 2. The third-order valence-electron chi connectivity index (χ3n) is 4.97. The van der Waals surface area contributed by atoms with Crippen molar-refractivity contribution in [2.45, 2.75) is 38.9 Å². The van der Waals surface area contributed by atoms with Crippen molar-refractivity contribution in [3.63, 3.8) is 0 Å². The number of carbonyl (C=O) groups is 1. The number of nitrogens with zero attached hydrogens (tertiary/aromatic N) is 3. The van der Waals surface area contributed by atoms with E-state index in [2.05, 4.69) is 5.10 Å². The van der Waals surface area contributed by atoms with Gasteiger partial charge in [0.1, 0.15) is 11.0 Å². The summed E-state index contributed by atoms with van der Waals surface area (Å²) < 4.78 is 14.9. The smallest absolute Gasteiger partial charge is 0.259 e. The maximum atomic E-state index is 13.3. The second-order valence-corrected chi connectivity index (χ2v) is 7.54. The second-order valence-electron chi connectivity index (χ2n) is 7.19. The van der Waals surface area contributed by atoms with Crippen LogP contribution < -0.4 is 0 Å². The van der Waals surface area contributed by atoms with Crippen molar-refractivity contribution in [3.05, 3.63) is 88.0 Å². The fraction of sp³-hybridized carbons (Fsp3) is 0.273. The molecule has 0 N–H and O–H groups in total. The molecule has 1 amide bonds. The highest BCUT2D eigenvalue weighted by atomic mass is 35.5. The molecule has 0 aliphatic heterocycles. The van der Waals surface area contributed by atoms with E-state index in [4.69, 9.17) is 11.6 Å². The lowest BCUT2D eigenvalue weighted by Gasteiger charge is -2.22. The van der Waals surface area contributed by atoms with Gasteiger partial charge in [-0.3, -0.25) is 4.79 Å². The van der Waals surface area contributed by atoms with Crippen molar-refractivity contribution in [3.8, 4) is 0 Å². The van der Waals surface area contributed by atoms with Crippen LogP contribution in [-0.4, -0.2) is 26.6 Å². The zero-order valence-electron chi connectivity index (χ0n) is 15.6. The maximum absolute atomic E-state index is 13.3. The summed E-state index contributed by atoms with van der Waals surface area (Å²) >= 11 is 6.57. The summed E-state index contributed by atoms with van der Waals surface area (Å²) in [6, 6.07) is 16.3. The van der Waals surface area contributed by atoms with E-state index in [1.54, 1.807) is 16.8 Å². The Morgan fingerprint density at radius 3 is 2.46 bits per heavy atom. The predicted molar refractivity (Wildman–Crippen MR) is 107 cm³/mol. The topological polar surface area (TPSA) is 38.1 Å². The minimum atomic E-state index is -0.283. The van der Waals surface area contributed by atoms with Crippen LogP contribution in [0.1, 0.15) is 40.0 Å². The van der Waals surface area contributed by atoms with Gasteiger partial charge in [-0.15, -0.1) is 0 Å². The summed E-state index contributed by atoms with van der Waals surface area (Å²) in [4.78, 5) is 15.1. The predicted octanol–water partition coefficient (Wildman–Crippen LogP) is 4.84. The van der Waals surface area contributed by atoms with Crippen LogP contribution in [0.3, 0.4) is 0 Å². The summed E-state index contributed by atoms with van der Waals surface area (Å²) in [6.07, 6.45) is 1.95. The summed E-state index contributed by atoms with van der Waals surface area (Å²) in [5.41, 5.74) is 3.03. The standard InChI is InChI=1S/C22H21ClFN3O/c1-15-20(21(23)27(25-15)14-16-5-3-2-4-6-16)22(28)26(19-11-12-19)13-17-7-9-18(24)10-8-17/h2-10,19H,11-14H2,1H3. The van der Waals surface area contributed by atoms with Crippen molar-refractivity contribution in [2.75, 3.05) is 0 Å². The molecule has 28 heavy (non-hydrogen) atoms. The zero-order chi connectivity index (χ0) is 19.7. The molecule has 4 nitrogen and oxygen atoms in total. The third kappa shape index (κ3) is 3.94. The van der Waals surface area contributed by atoms with E-state index in [9.17, 15) is 9.18 Å². The Morgan fingerprint density at radius 1 is 1.14 bits per heavy atom. The number of aromatic nitrogens is 2. The summed E-state index contributed by atoms with van der Waals surface area (Å²) in [5, 5.41) is 4.85. The van der Waals surface area contributed by atoms with Crippen LogP contribution in [0.15, 0.2) is 54.6 Å². The SMILES string of the molecule is Cc1nn(Cc2ccccc2)c(Cl)c1C(=O)N(Cc1ccc(F)cc1)C1CC1. The molecule has 0 spiro atoms. The largest absolute Gasteiger partial charge is 0.331 e. The summed E-state index contributed by atoms with van der Waals surface area (Å²) in [6.45, 7) is 2.75. The van der Waals surface area contributed by atoms with Crippen molar-refractivity contribution in [1.82, 2.24) is 14.7 Å². The summed E-state index contributed by atoms with van der Waals surface area (Å²) in [5.74, 6) is -0.400. The molecule has 144 valence electrons. The molecule has 1 saturated carbocycles. The highest BCUT2D eigenvalue weighted by molar-refractivity contribution is 6.33. The molecule has 1 aliphatic rings. The lowest BCUT2D eigenvalue weighted by molar-refractivity contribution is 0.0729. The van der Waals surface area contributed by atoms with E-state index in [1.165, 1.54) is 12.1 Å². The van der Waals surface area contributed by atoms with Gasteiger partial charge < -0.3 is 4.90 Å². The van der Waals surface area contributed by atoms with E-state index in [1.807, 2.05) is 42.2 Å². The number of rotatable bonds is 6. The van der Waals surface area contributed by atoms with E-state index in [0.29, 0.717) is 29.5 Å². The number of aryl methyl sites for hydroxylation is 1. The van der Waals surface area contributed by atoms with Crippen molar-refractivity contribution in [2.24, 2.45) is 0 Å². The highest BCUT2D eigenvalue weighted by Crippen LogP contribution is 2.32. The molecule has 3 aromatic rings. The van der Waals surface area contributed by atoms with Gasteiger partial charge in [-0.25, -0.2) is 9.07 Å². The molecule has 0 atom stereocenters. The number of hydrogen-bond donors (Lipinski definition) is 0. The molecule has 6 heteroatoms. The Balaban J connectivity index is 1.59. The lowest BCUT2D eigenvalue weighted by atomic mass is 10.1. The lowest BCUT2D eigenvalue weighted by Crippen LogP contribution is -2.33. The first-order chi connectivity index (χ1) is 13.5. The quantitative estimate of drug-likeness (QED) is 0.597. The van der Waals surface area contributed by atoms with Gasteiger partial charge in [-0.05, 0) is 43.0 Å². The molecule has 1 fully saturated rings. The van der Waals surface area contributed by atoms with Crippen LogP contribution in [0.2, 0.25) is 5.15 Å². The Hall–Kier alpha value is -2.66. The molecule has 2 aromatic carbocycles. The number of carbonyl (C=O) groups excluding carboxylic acids is 1. The van der Waals surface area contributed by atoms with Gasteiger partial charge in [0.15, 0.2) is 0 Å². The van der Waals surface area contributed by atoms with E-state index in [0.717, 1.165) is 24.0 Å². The van der Waals surface area contributed by atoms with Crippen LogP contribution in [0.5, 0.6) is 0 Å². The molecule has 0 unspecified atom stereocenters. The number of amides is 1. The van der Waals surface area contributed by atoms with Crippen LogP contribution >= 0.6 is 11.6 Å². The van der Waals surface area contributed by atoms with Gasteiger partial charge in [0, 0.05) is 12.6 Å². The molecule has 4 rings (SSSR count). The molecule has 1 heterocycles. The second kappa shape index (κ2) is 7.76. The van der Waals surface area contributed by atoms with Crippen molar-refractivity contribution in [1.29, 1.82) is 0 Å². The molecular weight excluding hydrogens is 377 g/mol. The fourth-order valence-electron chi connectivity index (χ4n) is 3.34. The number of halogens is 2. The van der Waals surface area contributed by atoms with Crippen LogP contribution in [0.25, 0.3) is 0 Å². The molecule has 0 radical (unpaired) electrons. The zero-order valence-corrected chi connectivity index (χ0v) is 16.4. The first-order valence-corrected chi connectivity index (χ1v) is 9.73. The highest BCUT2D eigenvalue weighted by Gasteiger charge is 2.35. The van der Waals surface area contributed by atoms with Gasteiger partial charge in [0.2, 0.25) is 0 Å². The monoisotopic (exact) mass is 397 g/mol. The third-order valence-corrected chi connectivity index (χ3v) is 5.35. The molecule has 0 saturated heterocycles. The van der Waals surface area contributed by atoms with E-state index in [-0.39, 0.29) is 17.8 Å². The van der Waals surface area contributed by atoms with Gasteiger partial charge in [-0.1, -0.05) is 54.1 Å². The van der Waals surface area contributed by atoms with E-state index < -0.39 is 0 Å².